The summed E-state index contributed by atoms with van der Waals surface area (Å²) < 4.78 is 5.01. The van der Waals surface area contributed by atoms with E-state index in [0.29, 0.717) is 0 Å². The summed E-state index contributed by atoms with van der Waals surface area (Å²) in [5.74, 6) is 0. The van der Waals surface area contributed by atoms with Gasteiger partial charge >= 0.3 is 0 Å². The number of thiophene rings is 1. The van der Waals surface area contributed by atoms with Crippen molar-refractivity contribution in [2.45, 2.75) is 0 Å². The zero-order chi connectivity index (χ0) is 37.7. The summed E-state index contributed by atoms with van der Waals surface area (Å²) in [6.07, 6.45) is 0. The van der Waals surface area contributed by atoms with Gasteiger partial charge in [0.05, 0.1) is 21.4 Å². The van der Waals surface area contributed by atoms with Crippen LogP contribution in [0.15, 0.2) is 218 Å². The van der Waals surface area contributed by atoms with Crippen LogP contribution in [0.4, 0.5) is 17.1 Å². The van der Waals surface area contributed by atoms with Crippen LogP contribution in [-0.2, 0) is 0 Å². The lowest BCUT2D eigenvalue weighted by atomic mass is 9.96. The molecule has 0 bridgehead atoms. The van der Waals surface area contributed by atoms with Crippen LogP contribution in [0.25, 0.3) is 81.0 Å². The first-order valence-corrected chi connectivity index (χ1v) is 20.2. The maximum atomic E-state index is 2.46. The van der Waals surface area contributed by atoms with E-state index in [0.717, 1.165) is 22.6 Å². The average Bonchev–Trinajstić information content (AvgIpc) is 3.84. The molecule has 2 heterocycles. The molecule has 0 amide bonds. The van der Waals surface area contributed by atoms with Gasteiger partial charge in [-0.3, -0.25) is 0 Å². The Morgan fingerprint density at radius 3 is 1.75 bits per heavy atom. The standard InChI is InChI=1S/C54H36N2S/c1-4-16-37(17-5-1)39-20-12-22-41(34-39)45-27-14-29-49-53(45)48-33-32-44(36-51(48)56(49)42-23-8-3-9-24-42)55(43-25-13-21-40(35-43)38-18-6-2-7-19-38)50-30-15-28-47-46-26-10-11-31-52(46)57-54(47)50/h1-36H. The lowest BCUT2D eigenvalue weighted by molar-refractivity contribution is 1.18. The van der Waals surface area contributed by atoms with Crippen molar-refractivity contribution in [2.75, 3.05) is 4.90 Å². The topological polar surface area (TPSA) is 8.17 Å². The minimum Gasteiger partial charge on any atom is -0.309 e. The Morgan fingerprint density at radius 2 is 0.965 bits per heavy atom. The molecule has 0 N–H and O–H groups in total. The molecule has 2 aromatic heterocycles. The molecule has 11 aromatic rings. The largest absolute Gasteiger partial charge is 0.309 e. The van der Waals surface area contributed by atoms with Crippen molar-refractivity contribution in [3.05, 3.63) is 218 Å². The Kier molecular flexibility index (Phi) is 8.04. The normalized spacial score (nSPS) is 11.5. The van der Waals surface area contributed by atoms with Gasteiger partial charge in [0.25, 0.3) is 0 Å². The maximum Gasteiger partial charge on any atom is 0.0640 e. The first-order chi connectivity index (χ1) is 28.3. The van der Waals surface area contributed by atoms with Crippen molar-refractivity contribution in [3.63, 3.8) is 0 Å². The van der Waals surface area contributed by atoms with E-state index < -0.39 is 0 Å². The van der Waals surface area contributed by atoms with E-state index in [2.05, 4.69) is 228 Å². The Bertz CT molecular complexity index is 3230. The minimum absolute atomic E-state index is 1.10. The van der Waals surface area contributed by atoms with Crippen LogP contribution in [0.2, 0.25) is 0 Å². The number of benzene rings is 9. The second-order valence-electron chi connectivity index (χ2n) is 14.5. The van der Waals surface area contributed by atoms with E-state index in [1.807, 2.05) is 11.3 Å². The van der Waals surface area contributed by atoms with Crippen molar-refractivity contribution in [2.24, 2.45) is 0 Å². The second kappa shape index (κ2) is 13.8. The summed E-state index contributed by atoms with van der Waals surface area (Å²) in [6, 6.07) is 79.4. The van der Waals surface area contributed by atoms with Crippen LogP contribution in [0, 0.1) is 0 Å². The van der Waals surface area contributed by atoms with Gasteiger partial charge in [-0.1, -0.05) is 158 Å². The maximum absolute atomic E-state index is 2.46. The number of aromatic nitrogens is 1. The third-order valence-electron chi connectivity index (χ3n) is 11.2. The quantitative estimate of drug-likeness (QED) is 0.158. The summed E-state index contributed by atoms with van der Waals surface area (Å²) in [6.45, 7) is 0. The monoisotopic (exact) mass is 744 g/mol. The van der Waals surface area contributed by atoms with Crippen molar-refractivity contribution in [1.29, 1.82) is 0 Å². The molecule has 0 radical (unpaired) electrons. The van der Waals surface area contributed by atoms with Gasteiger partial charge in [0.15, 0.2) is 0 Å². The molecule has 0 spiro atoms. The van der Waals surface area contributed by atoms with Crippen LogP contribution in [0.5, 0.6) is 0 Å². The van der Waals surface area contributed by atoms with Crippen molar-refractivity contribution in [1.82, 2.24) is 4.57 Å². The van der Waals surface area contributed by atoms with Gasteiger partial charge in [0.1, 0.15) is 0 Å². The van der Waals surface area contributed by atoms with E-state index in [1.165, 1.54) is 75.5 Å². The molecule has 0 saturated heterocycles. The summed E-state index contributed by atoms with van der Waals surface area (Å²) in [4.78, 5) is 2.46. The highest BCUT2D eigenvalue weighted by atomic mass is 32.1. The van der Waals surface area contributed by atoms with E-state index in [9.17, 15) is 0 Å². The number of hydrogen-bond donors (Lipinski definition) is 0. The van der Waals surface area contributed by atoms with Gasteiger partial charge < -0.3 is 9.47 Å². The Balaban J connectivity index is 1.18. The molecule has 0 aliphatic rings. The van der Waals surface area contributed by atoms with Gasteiger partial charge in [-0.05, 0) is 94.0 Å². The molecule has 0 aliphatic heterocycles. The molecule has 0 saturated carbocycles. The molecule has 57 heavy (non-hydrogen) atoms. The van der Waals surface area contributed by atoms with Gasteiger partial charge in [0, 0.05) is 43.3 Å². The van der Waals surface area contributed by atoms with Crippen LogP contribution >= 0.6 is 11.3 Å². The van der Waals surface area contributed by atoms with Gasteiger partial charge in [-0.25, -0.2) is 0 Å². The number of hydrogen-bond acceptors (Lipinski definition) is 2. The molecular weight excluding hydrogens is 709 g/mol. The molecule has 3 heteroatoms. The number of rotatable bonds is 7. The minimum atomic E-state index is 1.10. The third-order valence-corrected chi connectivity index (χ3v) is 12.4. The van der Waals surface area contributed by atoms with E-state index in [-0.39, 0.29) is 0 Å². The Labute approximate surface area is 335 Å². The summed E-state index contributed by atoms with van der Waals surface area (Å²) >= 11 is 1.87. The molecule has 0 unspecified atom stereocenters. The fraction of sp³-hybridized carbons (Fsp3) is 0. The fourth-order valence-corrected chi connectivity index (χ4v) is 9.78. The Morgan fingerprint density at radius 1 is 0.368 bits per heavy atom. The number of anilines is 3. The molecule has 2 nitrogen and oxygen atoms in total. The molecule has 0 atom stereocenters. The highest BCUT2D eigenvalue weighted by Gasteiger charge is 2.22. The summed E-state index contributed by atoms with van der Waals surface area (Å²) in [5, 5.41) is 5.04. The second-order valence-corrected chi connectivity index (χ2v) is 15.6. The number of para-hydroxylation sites is 1. The smallest absolute Gasteiger partial charge is 0.0640 e. The molecule has 9 aromatic carbocycles. The predicted molar refractivity (Wildman–Crippen MR) is 245 cm³/mol. The lowest BCUT2D eigenvalue weighted by Gasteiger charge is -2.27. The summed E-state index contributed by atoms with van der Waals surface area (Å²) in [5.41, 5.74) is 14.1. The molecule has 0 aliphatic carbocycles. The molecule has 0 fully saturated rings. The van der Waals surface area contributed by atoms with E-state index in [1.54, 1.807) is 0 Å². The predicted octanol–water partition coefficient (Wildman–Crippen LogP) is 15.6. The van der Waals surface area contributed by atoms with Crippen molar-refractivity contribution >= 4 is 70.4 Å². The molecule has 11 rings (SSSR count). The third kappa shape index (κ3) is 5.71. The lowest BCUT2D eigenvalue weighted by Crippen LogP contribution is -2.10. The zero-order valence-corrected chi connectivity index (χ0v) is 31.9. The van der Waals surface area contributed by atoms with E-state index >= 15 is 0 Å². The highest BCUT2D eigenvalue weighted by molar-refractivity contribution is 7.26. The fourth-order valence-electron chi connectivity index (χ4n) is 8.58. The van der Waals surface area contributed by atoms with Crippen LogP contribution in [0.3, 0.4) is 0 Å². The van der Waals surface area contributed by atoms with Crippen LogP contribution < -0.4 is 4.90 Å². The molecular formula is C54H36N2S. The number of nitrogens with zero attached hydrogens (tertiary/aromatic N) is 2. The first-order valence-electron chi connectivity index (χ1n) is 19.4. The number of fused-ring (bicyclic) bond motifs is 6. The van der Waals surface area contributed by atoms with Crippen molar-refractivity contribution < 1.29 is 0 Å². The zero-order valence-electron chi connectivity index (χ0n) is 31.1. The van der Waals surface area contributed by atoms with E-state index in [4.69, 9.17) is 0 Å². The van der Waals surface area contributed by atoms with Crippen molar-refractivity contribution in [3.8, 4) is 39.1 Å². The van der Waals surface area contributed by atoms with Crippen LogP contribution in [0.1, 0.15) is 0 Å². The SMILES string of the molecule is c1ccc(-c2cccc(-c3cccc4c3c3ccc(N(c5cccc(-c6ccccc6)c5)c5cccc6c5sc5ccccc56)cc3n4-c3ccccc3)c2)cc1. The van der Waals surface area contributed by atoms with Gasteiger partial charge in [-0.2, -0.15) is 0 Å². The summed E-state index contributed by atoms with van der Waals surface area (Å²) in [7, 11) is 0. The molecule has 268 valence electrons. The average molecular weight is 745 g/mol. The highest BCUT2D eigenvalue weighted by Crippen LogP contribution is 2.47. The first kappa shape index (κ1) is 33.2. The Hall–Kier alpha value is -7.20. The van der Waals surface area contributed by atoms with Gasteiger partial charge in [0.2, 0.25) is 0 Å². The van der Waals surface area contributed by atoms with Gasteiger partial charge in [-0.15, -0.1) is 11.3 Å². The van der Waals surface area contributed by atoms with Crippen LogP contribution in [-0.4, -0.2) is 4.57 Å².